The lowest BCUT2D eigenvalue weighted by Gasteiger charge is -2.36. The van der Waals surface area contributed by atoms with Gasteiger partial charge in [-0.2, -0.15) is 13.2 Å². The van der Waals surface area contributed by atoms with Crippen LogP contribution in [0.5, 0.6) is 5.75 Å². The third-order valence-corrected chi connectivity index (χ3v) is 7.12. The number of carbonyl (C=O) groups excluding carboxylic acids is 2. The number of esters is 1. The van der Waals surface area contributed by atoms with Gasteiger partial charge in [0.2, 0.25) is 0 Å². The molecule has 9 nitrogen and oxygen atoms in total. The number of rotatable bonds is 7. The summed E-state index contributed by atoms with van der Waals surface area (Å²) in [5.41, 5.74) is -2.53. The van der Waals surface area contributed by atoms with Crippen molar-refractivity contribution in [1.82, 2.24) is 0 Å². The molecule has 1 heterocycles. The van der Waals surface area contributed by atoms with Crippen molar-refractivity contribution in [1.29, 1.82) is 0 Å². The maximum atomic E-state index is 13.9. The Morgan fingerprint density at radius 1 is 1.13 bits per heavy atom. The standard InChI is InChI=1S/C25H28F4N2O7S/c1-5-36-22(32)11-7-16-14-31(39(34,35)17-8-9-19(26)18(13-17)25(27,28)29)20-12-15(6-10-21(20)37-16)30-23(33)38-24(2,3)4/h6,8-10,12-13,16H,5,7,11,14H2,1-4H3,(H,30,33). The molecule has 2 aromatic rings. The van der Waals surface area contributed by atoms with Crippen LogP contribution in [-0.2, 0) is 30.5 Å². The third kappa shape index (κ3) is 7.52. The van der Waals surface area contributed by atoms with Crippen LogP contribution in [-0.4, -0.2) is 45.3 Å². The van der Waals surface area contributed by atoms with Crippen molar-refractivity contribution >= 4 is 33.5 Å². The highest BCUT2D eigenvalue weighted by atomic mass is 32.2. The Kier molecular flexibility index (Phi) is 8.68. The molecule has 1 aliphatic heterocycles. The number of amides is 1. The van der Waals surface area contributed by atoms with E-state index in [-0.39, 0.29) is 49.2 Å². The van der Waals surface area contributed by atoms with Crippen LogP contribution in [0, 0.1) is 5.82 Å². The van der Waals surface area contributed by atoms with Gasteiger partial charge in [0.15, 0.2) is 0 Å². The first-order chi connectivity index (χ1) is 18.0. The lowest BCUT2D eigenvalue weighted by Crippen LogP contribution is -2.44. The molecule has 0 radical (unpaired) electrons. The maximum Gasteiger partial charge on any atom is 0.419 e. The second-order valence-corrected chi connectivity index (χ2v) is 11.4. The van der Waals surface area contributed by atoms with Gasteiger partial charge in [0, 0.05) is 12.1 Å². The fraction of sp³-hybridized carbons (Fsp3) is 0.440. The number of anilines is 2. The molecule has 1 aliphatic rings. The lowest BCUT2D eigenvalue weighted by atomic mass is 10.1. The summed E-state index contributed by atoms with van der Waals surface area (Å²) in [5, 5.41) is 2.46. The van der Waals surface area contributed by atoms with Gasteiger partial charge in [0.1, 0.15) is 23.3 Å². The zero-order valence-corrected chi connectivity index (χ0v) is 22.4. The van der Waals surface area contributed by atoms with Gasteiger partial charge in [-0.1, -0.05) is 0 Å². The number of carbonyl (C=O) groups is 2. The zero-order valence-electron chi connectivity index (χ0n) is 21.6. The Balaban J connectivity index is 2.03. The third-order valence-electron chi connectivity index (χ3n) is 5.34. The predicted octanol–water partition coefficient (Wildman–Crippen LogP) is 5.49. The van der Waals surface area contributed by atoms with Gasteiger partial charge >= 0.3 is 18.2 Å². The number of hydrogen-bond acceptors (Lipinski definition) is 7. The van der Waals surface area contributed by atoms with Gasteiger partial charge in [-0.05, 0) is 70.5 Å². The summed E-state index contributed by atoms with van der Waals surface area (Å²) in [6.07, 6.45) is -6.89. The van der Waals surface area contributed by atoms with Crippen LogP contribution in [0.1, 0.15) is 46.1 Å². The average molecular weight is 577 g/mol. The summed E-state index contributed by atoms with van der Waals surface area (Å²) in [6.45, 7) is 6.33. The molecule has 3 rings (SSSR count). The van der Waals surface area contributed by atoms with Gasteiger partial charge in [0.05, 0.1) is 29.3 Å². The van der Waals surface area contributed by atoms with Crippen molar-refractivity contribution in [3.05, 3.63) is 47.8 Å². The predicted molar refractivity (Wildman–Crippen MR) is 133 cm³/mol. The van der Waals surface area contributed by atoms with E-state index in [2.05, 4.69) is 5.32 Å². The van der Waals surface area contributed by atoms with Crippen molar-refractivity contribution in [2.24, 2.45) is 0 Å². The molecule has 39 heavy (non-hydrogen) atoms. The summed E-state index contributed by atoms with van der Waals surface area (Å²) < 4.78 is 97.9. The highest BCUT2D eigenvalue weighted by molar-refractivity contribution is 7.92. The highest BCUT2D eigenvalue weighted by Crippen LogP contribution is 2.41. The number of alkyl halides is 3. The first-order valence-electron chi connectivity index (χ1n) is 11.9. The van der Waals surface area contributed by atoms with E-state index >= 15 is 0 Å². The summed E-state index contributed by atoms with van der Waals surface area (Å²) in [5.74, 6) is -2.13. The SMILES string of the molecule is CCOC(=O)CCC1CN(S(=O)(=O)c2ccc(F)c(C(F)(F)F)c2)c2cc(NC(=O)OC(C)(C)C)ccc2O1. The molecule has 0 aromatic heterocycles. The Labute approximate surface area is 223 Å². The Morgan fingerprint density at radius 2 is 1.82 bits per heavy atom. The average Bonchev–Trinajstić information content (AvgIpc) is 2.80. The van der Waals surface area contributed by atoms with Crippen LogP contribution < -0.4 is 14.4 Å². The molecular formula is C25H28F4N2O7S. The molecule has 214 valence electrons. The molecule has 0 saturated heterocycles. The van der Waals surface area contributed by atoms with Crippen LogP contribution in [0.25, 0.3) is 0 Å². The molecule has 0 fully saturated rings. The highest BCUT2D eigenvalue weighted by Gasteiger charge is 2.39. The number of ether oxygens (including phenoxy) is 3. The fourth-order valence-corrected chi connectivity index (χ4v) is 5.24. The fourth-order valence-electron chi connectivity index (χ4n) is 3.71. The Morgan fingerprint density at radius 3 is 2.44 bits per heavy atom. The normalized spacial score (nSPS) is 15.7. The summed E-state index contributed by atoms with van der Waals surface area (Å²) in [7, 11) is -4.70. The number of hydrogen-bond donors (Lipinski definition) is 1. The lowest BCUT2D eigenvalue weighted by molar-refractivity contribution is -0.143. The molecule has 1 unspecified atom stereocenters. The summed E-state index contributed by atoms with van der Waals surface area (Å²) >= 11 is 0. The van der Waals surface area contributed by atoms with Gasteiger partial charge < -0.3 is 14.2 Å². The molecule has 0 saturated carbocycles. The molecule has 1 amide bonds. The minimum absolute atomic E-state index is 0.0339. The van der Waals surface area contributed by atoms with Crippen molar-refractivity contribution in [2.75, 3.05) is 22.8 Å². The van der Waals surface area contributed by atoms with Crippen molar-refractivity contribution in [3.8, 4) is 5.75 Å². The minimum Gasteiger partial charge on any atom is -0.486 e. The molecule has 1 atom stereocenters. The molecule has 2 aromatic carbocycles. The van der Waals surface area contributed by atoms with Gasteiger partial charge in [0.25, 0.3) is 10.0 Å². The molecular weight excluding hydrogens is 548 g/mol. The van der Waals surface area contributed by atoms with E-state index in [1.165, 1.54) is 18.2 Å². The van der Waals surface area contributed by atoms with E-state index < -0.39 is 56.2 Å². The second kappa shape index (κ2) is 11.3. The zero-order chi connectivity index (χ0) is 29.2. The van der Waals surface area contributed by atoms with E-state index in [4.69, 9.17) is 14.2 Å². The van der Waals surface area contributed by atoms with E-state index in [0.29, 0.717) is 6.07 Å². The van der Waals surface area contributed by atoms with Crippen LogP contribution in [0.2, 0.25) is 0 Å². The quantitative estimate of drug-likeness (QED) is 0.343. The number of nitrogens with zero attached hydrogens (tertiary/aromatic N) is 1. The Bertz CT molecular complexity index is 1340. The largest absolute Gasteiger partial charge is 0.486 e. The summed E-state index contributed by atoms with van der Waals surface area (Å²) in [4.78, 5) is 23.3. The van der Waals surface area contributed by atoms with Gasteiger partial charge in [-0.25, -0.2) is 17.6 Å². The van der Waals surface area contributed by atoms with E-state index in [0.717, 1.165) is 10.4 Å². The Hall–Kier alpha value is -3.55. The second-order valence-electron chi connectivity index (χ2n) is 9.57. The molecule has 0 spiro atoms. The number of halogens is 4. The van der Waals surface area contributed by atoms with Gasteiger partial charge in [-0.15, -0.1) is 0 Å². The molecule has 0 bridgehead atoms. The van der Waals surface area contributed by atoms with Crippen molar-refractivity contribution in [3.63, 3.8) is 0 Å². The smallest absolute Gasteiger partial charge is 0.419 e. The minimum atomic E-state index is -5.13. The first-order valence-corrected chi connectivity index (χ1v) is 13.3. The number of benzene rings is 2. The summed E-state index contributed by atoms with van der Waals surface area (Å²) in [6, 6.07) is 5.41. The maximum absolute atomic E-state index is 13.9. The molecule has 14 heteroatoms. The topological polar surface area (TPSA) is 111 Å². The molecule has 1 N–H and O–H groups in total. The number of fused-ring (bicyclic) bond motifs is 1. The van der Waals surface area contributed by atoms with Crippen molar-refractivity contribution < 1.29 is 49.8 Å². The first kappa shape index (κ1) is 30.0. The van der Waals surface area contributed by atoms with Crippen LogP contribution in [0.15, 0.2) is 41.3 Å². The van der Waals surface area contributed by atoms with E-state index in [1.807, 2.05) is 0 Å². The van der Waals surface area contributed by atoms with E-state index in [9.17, 15) is 35.6 Å². The van der Waals surface area contributed by atoms with Gasteiger partial charge in [-0.3, -0.25) is 14.4 Å². The van der Waals surface area contributed by atoms with Crippen LogP contribution in [0.3, 0.4) is 0 Å². The molecule has 0 aliphatic carbocycles. The number of sulfonamides is 1. The van der Waals surface area contributed by atoms with Crippen LogP contribution in [0.4, 0.5) is 33.7 Å². The van der Waals surface area contributed by atoms with Crippen LogP contribution >= 0.6 is 0 Å². The monoisotopic (exact) mass is 576 g/mol. The number of nitrogens with one attached hydrogen (secondary N) is 1. The van der Waals surface area contributed by atoms with E-state index in [1.54, 1.807) is 27.7 Å². The van der Waals surface area contributed by atoms with Crippen molar-refractivity contribution in [2.45, 2.75) is 63.3 Å².